The first-order chi connectivity index (χ1) is 16.2. The van der Waals surface area contributed by atoms with Crippen molar-refractivity contribution in [3.05, 3.63) is 0 Å². The zero-order valence-corrected chi connectivity index (χ0v) is 19.7. The molecule has 3 saturated heterocycles. The summed E-state index contributed by atoms with van der Waals surface area (Å²) in [6.07, 6.45) is 6.07. The number of amides is 7. The lowest BCUT2D eigenvalue weighted by Crippen LogP contribution is -2.66. The van der Waals surface area contributed by atoms with Crippen LogP contribution in [-0.2, 0) is 19.1 Å². The summed E-state index contributed by atoms with van der Waals surface area (Å²) >= 11 is 0. The van der Waals surface area contributed by atoms with Crippen molar-refractivity contribution in [2.45, 2.75) is 69.4 Å². The Labute approximate surface area is 198 Å². The van der Waals surface area contributed by atoms with Crippen LogP contribution in [0.3, 0.4) is 0 Å². The summed E-state index contributed by atoms with van der Waals surface area (Å²) in [5.41, 5.74) is -0.796. The lowest BCUT2D eigenvalue weighted by molar-refractivity contribution is -0.154. The van der Waals surface area contributed by atoms with Crippen LogP contribution in [0, 0.1) is 17.3 Å². The van der Waals surface area contributed by atoms with Crippen molar-refractivity contribution in [2.75, 3.05) is 33.4 Å². The van der Waals surface area contributed by atoms with Crippen molar-refractivity contribution in [3.8, 4) is 0 Å². The van der Waals surface area contributed by atoms with E-state index in [0.29, 0.717) is 57.9 Å². The molecule has 0 bridgehead atoms. The molecule has 0 aromatic rings. The van der Waals surface area contributed by atoms with E-state index in [4.69, 9.17) is 4.74 Å². The lowest BCUT2D eigenvalue weighted by atomic mass is 9.51. The number of ether oxygens (including phenoxy) is 1. The maximum Gasteiger partial charge on any atom is 0.333 e. The molecule has 0 radical (unpaired) electrons. The molecule has 3 saturated carbocycles. The largest absolute Gasteiger partial charge is 0.381 e. The number of rotatable bonds is 5. The third-order valence-electron chi connectivity index (χ3n) is 9.05. The molecule has 0 atom stereocenters. The highest BCUT2D eigenvalue weighted by atomic mass is 16.5. The quantitative estimate of drug-likeness (QED) is 0.444. The maximum absolute atomic E-state index is 13.1. The maximum atomic E-state index is 13.1. The van der Waals surface area contributed by atoms with Gasteiger partial charge in [-0.05, 0) is 62.7 Å². The lowest BCUT2D eigenvalue weighted by Gasteiger charge is -2.59. The van der Waals surface area contributed by atoms with Crippen LogP contribution in [0.25, 0.3) is 0 Å². The number of urea groups is 2. The average molecular weight is 473 g/mol. The van der Waals surface area contributed by atoms with E-state index in [2.05, 4.69) is 0 Å². The number of barbiturate groups is 1. The number of carbonyl (C=O) groups excluding carboxylic acids is 5. The molecule has 10 heteroatoms. The highest BCUT2D eigenvalue weighted by molar-refractivity contribution is 6.14. The van der Waals surface area contributed by atoms with Gasteiger partial charge in [0.25, 0.3) is 5.91 Å². The van der Waals surface area contributed by atoms with Crippen LogP contribution in [0.1, 0.15) is 57.8 Å². The summed E-state index contributed by atoms with van der Waals surface area (Å²) in [4.78, 5) is 69.6. The molecule has 0 N–H and O–H groups in total. The Bertz CT molecular complexity index is 957. The van der Waals surface area contributed by atoms with Crippen LogP contribution < -0.4 is 0 Å². The van der Waals surface area contributed by atoms with Crippen molar-refractivity contribution < 1.29 is 28.7 Å². The van der Waals surface area contributed by atoms with E-state index in [-0.39, 0.29) is 47.5 Å². The first-order valence-electron chi connectivity index (χ1n) is 12.6. The van der Waals surface area contributed by atoms with E-state index < -0.39 is 11.6 Å². The van der Waals surface area contributed by atoms with Crippen molar-refractivity contribution in [3.63, 3.8) is 0 Å². The molecule has 6 aliphatic rings. The second-order valence-corrected chi connectivity index (χ2v) is 11.4. The first-order valence-corrected chi connectivity index (χ1v) is 12.6. The minimum absolute atomic E-state index is 0.0443. The number of carbonyl (C=O) groups is 5. The smallest absolute Gasteiger partial charge is 0.333 e. The fraction of sp³-hybridized carbons (Fsp3) is 0.792. The van der Waals surface area contributed by atoms with E-state index >= 15 is 0 Å². The van der Waals surface area contributed by atoms with Crippen LogP contribution in [-0.4, -0.2) is 94.3 Å². The van der Waals surface area contributed by atoms with Gasteiger partial charge >= 0.3 is 12.1 Å². The van der Waals surface area contributed by atoms with E-state index in [0.717, 1.165) is 25.7 Å². The molecule has 0 aromatic heterocycles. The molecule has 0 aromatic carbocycles. The van der Waals surface area contributed by atoms with Crippen LogP contribution in [0.4, 0.5) is 9.59 Å². The predicted molar refractivity (Wildman–Crippen MR) is 117 cm³/mol. The van der Waals surface area contributed by atoms with Gasteiger partial charge in [0, 0.05) is 32.1 Å². The van der Waals surface area contributed by atoms with Crippen LogP contribution in [0.2, 0.25) is 0 Å². The van der Waals surface area contributed by atoms with Crippen molar-refractivity contribution in [2.24, 2.45) is 17.3 Å². The molecule has 10 nitrogen and oxygen atoms in total. The molecule has 6 fully saturated rings. The summed E-state index contributed by atoms with van der Waals surface area (Å²) in [7, 11) is 1.56. The summed E-state index contributed by atoms with van der Waals surface area (Å²) in [5, 5.41) is 0. The monoisotopic (exact) mass is 472 g/mol. The zero-order valence-electron chi connectivity index (χ0n) is 19.7. The van der Waals surface area contributed by atoms with Gasteiger partial charge in [0.1, 0.15) is 12.0 Å². The Morgan fingerprint density at radius 3 is 2.12 bits per heavy atom. The Hall–Kier alpha value is -2.49. The normalized spacial score (nSPS) is 36.7. The molecule has 184 valence electrons. The Morgan fingerprint density at radius 2 is 1.53 bits per heavy atom. The van der Waals surface area contributed by atoms with Gasteiger partial charge < -0.3 is 9.64 Å². The van der Waals surface area contributed by atoms with Crippen molar-refractivity contribution in [1.82, 2.24) is 19.6 Å². The number of nitrogens with zero attached hydrogens (tertiary/aromatic N) is 4. The highest BCUT2D eigenvalue weighted by Gasteiger charge is 2.68. The van der Waals surface area contributed by atoms with Gasteiger partial charge in [-0.25, -0.2) is 9.59 Å². The number of hydrogen-bond donors (Lipinski definition) is 0. The minimum atomic E-state index is -0.751. The van der Waals surface area contributed by atoms with Crippen molar-refractivity contribution in [1.29, 1.82) is 0 Å². The average Bonchev–Trinajstić information content (AvgIpc) is 3.55. The van der Waals surface area contributed by atoms with Crippen LogP contribution in [0.5, 0.6) is 0 Å². The van der Waals surface area contributed by atoms with Crippen molar-refractivity contribution >= 4 is 29.8 Å². The molecule has 2 spiro atoms. The first kappa shape index (κ1) is 22.0. The summed E-state index contributed by atoms with van der Waals surface area (Å²) in [5.74, 6) is -0.217. The Balaban J connectivity index is 1.12. The van der Waals surface area contributed by atoms with Gasteiger partial charge in [-0.2, -0.15) is 0 Å². The zero-order chi connectivity index (χ0) is 23.8. The summed E-state index contributed by atoms with van der Waals surface area (Å²) in [6.45, 7) is 2.23. The third kappa shape index (κ3) is 3.21. The summed E-state index contributed by atoms with van der Waals surface area (Å²) < 4.78 is 5.27. The van der Waals surface area contributed by atoms with Crippen LogP contribution >= 0.6 is 0 Å². The minimum Gasteiger partial charge on any atom is -0.381 e. The second kappa shape index (κ2) is 7.50. The van der Waals surface area contributed by atoms with E-state index in [1.54, 1.807) is 11.9 Å². The molecule has 3 aliphatic heterocycles. The SMILES string of the molecule is CN1C(=O)N(CC2COC2)C2(CC3(CCC(N4C(=O)CC(=O)N(CC5CC5)C4=O)CC3)C2)C1=O. The Kier molecular flexibility index (Phi) is 4.86. The summed E-state index contributed by atoms with van der Waals surface area (Å²) in [6, 6.07) is -0.875. The van der Waals surface area contributed by atoms with Crippen LogP contribution in [0.15, 0.2) is 0 Å². The van der Waals surface area contributed by atoms with Gasteiger partial charge in [-0.3, -0.25) is 29.1 Å². The van der Waals surface area contributed by atoms with Gasteiger partial charge in [0.15, 0.2) is 0 Å². The predicted octanol–water partition coefficient (Wildman–Crippen LogP) is 1.58. The fourth-order valence-corrected chi connectivity index (χ4v) is 6.89. The molecule has 7 amide bonds. The molecule has 3 heterocycles. The standard InChI is InChI=1S/C24H32N4O6/c1-25-20(31)24(27(21(25)32)10-16-11-34-12-16)13-23(14-24)6-4-17(5-7-23)28-19(30)8-18(29)26(22(28)33)9-15-2-3-15/h15-17H,2-14H2,1H3. The second-order valence-electron chi connectivity index (χ2n) is 11.4. The number of hydrogen-bond acceptors (Lipinski definition) is 6. The van der Waals surface area contributed by atoms with Gasteiger partial charge in [0.05, 0.1) is 13.2 Å². The van der Waals surface area contributed by atoms with E-state index in [1.165, 1.54) is 14.7 Å². The number of likely N-dealkylation sites (N-methyl/N-ethyl adjacent to an activating group) is 1. The third-order valence-corrected chi connectivity index (χ3v) is 9.05. The highest BCUT2D eigenvalue weighted by Crippen LogP contribution is 2.61. The number of imide groups is 3. The fourth-order valence-electron chi connectivity index (χ4n) is 6.89. The topological polar surface area (TPSA) is 108 Å². The van der Waals surface area contributed by atoms with E-state index in [9.17, 15) is 24.0 Å². The van der Waals surface area contributed by atoms with Gasteiger partial charge in [-0.15, -0.1) is 0 Å². The van der Waals surface area contributed by atoms with Gasteiger partial charge in [-0.1, -0.05) is 0 Å². The molecular formula is C24H32N4O6. The molecular weight excluding hydrogens is 440 g/mol. The molecule has 3 aliphatic carbocycles. The van der Waals surface area contributed by atoms with Gasteiger partial charge in [0.2, 0.25) is 11.8 Å². The molecule has 0 unspecified atom stereocenters. The van der Waals surface area contributed by atoms with E-state index in [1.807, 2.05) is 0 Å². The Morgan fingerprint density at radius 1 is 0.853 bits per heavy atom. The molecule has 6 rings (SSSR count). The molecule has 34 heavy (non-hydrogen) atoms.